The number of carboxylic acid groups (broad SMARTS) is 2. The Kier molecular flexibility index (Phi) is 23.9. The molecule has 1 aliphatic carbocycles. The van der Waals surface area contributed by atoms with Gasteiger partial charge in [0, 0.05) is 87.1 Å². The minimum atomic E-state index is -1.26. The van der Waals surface area contributed by atoms with Crippen LogP contribution in [-0.4, -0.2) is 184 Å². The number of nitrogens with zero attached hydrogens (tertiary/aromatic N) is 4. The van der Waals surface area contributed by atoms with E-state index >= 15 is 0 Å². The van der Waals surface area contributed by atoms with E-state index in [0.717, 1.165) is 28.9 Å². The van der Waals surface area contributed by atoms with Crippen molar-refractivity contribution in [1.82, 2.24) is 40.9 Å². The quantitative estimate of drug-likeness (QED) is 0.112. The third kappa shape index (κ3) is 21.7. The van der Waals surface area contributed by atoms with Gasteiger partial charge in [-0.2, -0.15) is 11.8 Å². The first-order valence-electron chi connectivity index (χ1n) is 27.3. The number of primary amides is 1. The van der Waals surface area contributed by atoms with Crippen LogP contribution in [0.15, 0.2) is 72.8 Å². The third-order valence-electron chi connectivity index (χ3n) is 13.6. The van der Waals surface area contributed by atoms with Crippen molar-refractivity contribution < 1.29 is 72.4 Å². The molecule has 4 aliphatic rings. The smallest absolute Gasteiger partial charge is 0.303 e. The van der Waals surface area contributed by atoms with Crippen molar-refractivity contribution in [1.29, 1.82) is 0 Å². The molecule has 3 aromatic rings. The maximum Gasteiger partial charge on any atom is 0.303 e. The molecule has 82 heavy (non-hydrogen) atoms. The Morgan fingerprint density at radius 1 is 0.646 bits per heavy atom. The van der Waals surface area contributed by atoms with E-state index < -0.39 is 135 Å². The van der Waals surface area contributed by atoms with Crippen LogP contribution in [0, 0.1) is 5.92 Å². The first-order valence-corrected chi connectivity index (χ1v) is 28.4. The summed E-state index contributed by atoms with van der Waals surface area (Å²) in [7, 11) is 0. The number of carboxylic acids is 2. The zero-order valence-corrected chi connectivity index (χ0v) is 47.0. The summed E-state index contributed by atoms with van der Waals surface area (Å²) in [5.41, 5.74) is 8.09. The van der Waals surface area contributed by atoms with Gasteiger partial charge in [0.05, 0.1) is 45.1 Å². The fraction of sp³-hybridized carbons (Fsp3) is 0.491. The molecule has 0 unspecified atom stereocenters. The van der Waals surface area contributed by atoms with E-state index in [1.54, 1.807) is 67.6 Å². The van der Waals surface area contributed by atoms with Crippen LogP contribution in [0.4, 0.5) is 0 Å². The molecule has 1 saturated carbocycles. The number of hydrogen-bond donors (Lipinski definition) is 7. The molecule has 0 spiro atoms. The minimum absolute atomic E-state index is 0.00654. The molecule has 7 rings (SSSR count). The van der Waals surface area contributed by atoms with E-state index in [2.05, 4.69) is 21.3 Å². The molecule has 9 amide bonds. The Labute approximate surface area is 479 Å². The summed E-state index contributed by atoms with van der Waals surface area (Å²) in [6.07, 6.45) is -0.0487. The zero-order chi connectivity index (χ0) is 59.3. The number of benzene rings is 3. The number of rotatable bonds is 14. The van der Waals surface area contributed by atoms with Gasteiger partial charge in [-0.3, -0.25) is 52.7 Å². The summed E-state index contributed by atoms with van der Waals surface area (Å²) in [6.45, 7) is 0.136. The summed E-state index contributed by atoms with van der Waals surface area (Å²) in [5, 5.41) is 30.5. The van der Waals surface area contributed by atoms with Gasteiger partial charge in [0.1, 0.15) is 0 Å². The summed E-state index contributed by atoms with van der Waals surface area (Å²) in [6, 6.07) is 17.3. The fourth-order valence-corrected chi connectivity index (χ4v) is 10.3. The van der Waals surface area contributed by atoms with Gasteiger partial charge in [-0.05, 0) is 86.4 Å². The zero-order valence-electron chi connectivity index (χ0n) is 46.1. The lowest BCUT2D eigenvalue weighted by Crippen LogP contribution is -2.54. The Morgan fingerprint density at radius 2 is 1.26 bits per heavy atom. The van der Waals surface area contributed by atoms with Crippen LogP contribution in [0.3, 0.4) is 0 Å². The van der Waals surface area contributed by atoms with Crippen LogP contribution in [0.5, 0.6) is 11.5 Å². The second kappa shape index (κ2) is 31.1. The van der Waals surface area contributed by atoms with Gasteiger partial charge in [-0.1, -0.05) is 48.5 Å². The van der Waals surface area contributed by atoms with E-state index in [0.29, 0.717) is 34.1 Å². The normalized spacial score (nSPS) is 20.5. The Balaban J connectivity index is 1.29. The van der Waals surface area contributed by atoms with Gasteiger partial charge in [0.15, 0.2) is 11.5 Å². The average Bonchev–Trinajstić information content (AvgIpc) is 4.29. The molecule has 0 radical (unpaired) electrons. The van der Waals surface area contributed by atoms with Crippen LogP contribution in [0.1, 0.15) is 92.3 Å². The van der Waals surface area contributed by atoms with Crippen molar-refractivity contribution in [2.24, 2.45) is 11.7 Å². The monoisotopic (exact) mass is 1160 g/mol. The molecule has 1 fully saturated rings. The van der Waals surface area contributed by atoms with E-state index in [4.69, 9.17) is 15.2 Å². The minimum Gasteiger partial charge on any atom is -0.481 e. The molecule has 3 aromatic carbocycles. The average molecular weight is 1160 g/mol. The van der Waals surface area contributed by atoms with Crippen molar-refractivity contribution in [3.05, 3.63) is 95.1 Å². The van der Waals surface area contributed by atoms with E-state index in [-0.39, 0.29) is 71.0 Å². The van der Waals surface area contributed by atoms with E-state index in [1.807, 2.05) is 12.1 Å². The first-order chi connectivity index (χ1) is 39.2. The highest BCUT2D eigenvalue weighted by atomic mass is 32.2. The van der Waals surface area contributed by atoms with Crippen molar-refractivity contribution in [3.63, 3.8) is 0 Å². The van der Waals surface area contributed by atoms with Crippen LogP contribution in [0.2, 0.25) is 0 Å². The number of thioether (sulfide) groups is 1. The van der Waals surface area contributed by atoms with Crippen molar-refractivity contribution in [3.8, 4) is 11.5 Å². The largest absolute Gasteiger partial charge is 0.481 e. The predicted molar refractivity (Wildman–Crippen MR) is 299 cm³/mol. The molecule has 2 bridgehead atoms. The number of hydrogen-bond acceptors (Lipinski definition) is 14. The summed E-state index contributed by atoms with van der Waals surface area (Å²) >= 11 is 1.43. The predicted octanol–water partition coefficient (Wildman–Crippen LogP) is 1.46. The van der Waals surface area contributed by atoms with Crippen LogP contribution in [0.25, 0.3) is 0 Å². The van der Waals surface area contributed by atoms with Gasteiger partial charge in [-0.25, -0.2) is 0 Å². The highest BCUT2D eigenvalue weighted by Crippen LogP contribution is 2.34. The number of amides is 9. The second-order valence-electron chi connectivity index (χ2n) is 21.0. The number of aliphatic carboxylic acids is 2. The number of nitrogens with one attached hydrogen (secondary N) is 4. The second-order valence-corrected chi connectivity index (χ2v) is 22.1. The number of carbonyl (C=O) groups excluding carboxylic acids is 9. The summed E-state index contributed by atoms with van der Waals surface area (Å²) in [4.78, 5) is 152. The van der Waals surface area contributed by atoms with Crippen LogP contribution in [-0.2, 0) is 66.5 Å². The first kappa shape index (κ1) is 63.0. The van der Waals surface area contributed by atoms with Crippen molar-refractivity contribution in [2.75, 3.05) is 64.9 Å². The topological polar surface area (TPSA) is 334 Å². The van der Waals surface area contributed by atoms with Gasteiger partial charge < -0.3 is 66.3 Å². The lowest BCUT2D eigenvalue weighted by atomic mass is 10.0. The Bertz CT molecular complexity index is 2780. The van der Waals surface area contributed by atoms with Gasteiger partial charge in [-0.15, -0.1) is 0 Å². The molecule has 0 saturated heterocycles. The molecular weight excluding hydrogens is 1080 g/mol. The van der Waals surface area contributed by atoms with Crippen molar-refractivity contribution >= 4 is 76.9 Å². The standard InChI is InChI=1S/C57H73N9O15S/c1-36-26-63(51(71)17-19-56(77)78)32-50(70)62-44(22-38-6-4-3-5-7-38)29-65(30-47(58)67)52(72)20-21-82-34-40-10-13-42(14-11-40)57(79)60-37(2)27-64(54(74)25-41-12-16-45-46(23-41)81-35-80-45)33-49(69)61-43(15-18-55(75)76)28-66(31-48(68)59-36)53(73)24-39-8-9-39/h3-7,10-14,16,23,36-37,39,43-44H,8-9,15,17-22,24-35H2,1-2H3,(H2,58,67)(H,59,68)(H,60,79)(H,61,69)(H,62,70)(H,75,76)(H,77,78)/t36-,37-,43-,44-/m0/s1. The molecule has 3 aliphatic heterocycles. The highest BCUT2D eigenvalue weighted by molar-refractivity contribution is 7.98. The molecule has 25 heteroatoms. The lowest BCUT2D eigenvalue weighted by Gasteiger charge is -2.31. The number of fused-ring (bicyclic) bond motifs is 30. The molecule has 4 atom stereocenters. The third-order valence-corrected chi connectivity index (χ3v) is 14.7. The molecule has 0 aromatic heterocycles. The van der Waals surface area contributed by atoms with Gasteiger partial charge >= 0.3 is 11.9 Å². The van der Waals surface area contributed by atoms with Crippen LogP contribution < -0.4 is 36.5 Å². The maximum atomic E-state index is 14.2. The Hall–Kier alpha value is -8.22. The highest BCUT2D eigenvalue weighted by Gasteiger charge is 2.32. The fourth-order valence-electron chi connectivity index (χ4n) is 9.42. The number of nitrogens with two attached hydrogens (primary N) is 1. The SMILES string of the molecule is C[C@H]1CN(C(=O)CCC(=O)O)CC(=O)N[C@@H](Cc2ccccc2)CN(CC(N)=O)C(=O)CCSCc2ccc(cc2)C(=O)N[C@@H](C)CN(C(=O)Cc2ccc3c(c2)OCO3)CC(=O)N[C@@H](CCC(=O)O)CN(C(=O)CC2CC2)CC(=O)N1. The van der Waals surface area contributed by atoms with E-state index in [1.165, 1.54) is 33.4 Å². The molecule has 3 heterocycles. The lowest BCUT2D eigenvalue weighted by molar-refractivity contribution is -0.142. The Morgan fingerprint density at radius 3 is 1.90 bits per heavy atom. The van der Waals surface area contributed by atoms with E-state index in [9.17, 15) is 63.0 Å². The maximum absolute atomic E-state index is 14.2. The summed E-state index contributed by atoms with van der Waals surface area (Å²) in [5.74, 6) is -6.15. The number of carbonyl (C=O) groups is 11. The molecule has 8 N–H and O–H groups in total. The van der Waals surface area contributed by atoms with Gasteiger partial charge in [0.25, 0.3) is 5.91 Å². The molecule has 442 valence electrons. The summed E-state index contributed by atoms with van der Waals surface area (Å²) < 4.78 is 10.9. The number of ether oxygens (including phenoxy) is 2. The molecule has 24 nitrogen and oxygen atoms in total. The van der Waals surface area contributed by atoms with Crippen LogP contribution >= 0.6 is 11.8 Å². The van der Waals surface area contributed by atoms with Gasteiger partial charge in [0.2, 0.25) is 54.1 Å². The van der Waals surface area contributed by atoms with Crippen molar-refractivity contribution in [2.45, 2.75) is 108 Å². The molecular formula is C57H73N9O15S.